The average molecular weight is 672 g/mol. The molecule has 2 N–H and O–H groups in total. The normalized spacial score (nSPS) is 14.5. The Bertz CT molecular complexity index is 1280. The monoisotopic (exact) mass is 670 g/mol. The zero-order valence-corrected chi connectivity index (χ0v) is 22.3. The molecule has 0 aliphatic carbocycles. The summed E-state index contributed by atoms with van der Waals surface area (Å²) in [4.78, 5) is 24.0. The second kappa shape index (κ2) is 12.8. The topological polar surface area (TPSA) is 58.2 Å². The van der Waals surface area contributed by atoms with Crippen LogP contribution in [0.2, 0.25) is 5.02 Å². The highest BCUT2D eigenvalue weighted by molar-refractivity contribution is 9.10. The minimum absolute atomic E-state index is 0.0628. The second-order valence-corrected chi connectivity index (χ2v) is 9.60. The maximum atomic E-state index is 14.9. The van der Waals surface area contributed by atoms with Crippen molar-refractivity contribution in [2.75, 3.05) is 0 Å². The van der Waals surface area contributed by atoms with Crippen LogP contribution in [-0.4, -0.2) is 30.3 Å². The van der Waals surface area contributed by atoms with Crippen molar-refractivity contribution in [3.05, 3.63) is 74.2 Å². The van der Waals surface area contributed by atoms with Gasteiger partial charge in [-0.15, -0.1) is 0 Å². The molecule has 0 fully saturated rings. The highest BCUT2D eigenvalue weighted by Gasteiger charge is 2.41. The molecule has 2 amide bonds. The lowest BCUT2D eigenvalue weighted by atomic mass is 9.95. The molecule has 0 saturated heterocycles. The number of alkyl halides is 9. The fourth-order valence-electron chi connectivity index (χ4n) is 3.33. The summed E-state index contributed by atoms with van der Waals surface area (Å²) < 4.78 is 134. The minimum Gasteiger partial charge on any atom is -0.336 e. The molecule has 0 aliphatic rings. The van der Waals surface area contributed by atoms with Crippen molar-refractivity contribution >= 4 is 45.2 Å². The summed E-state index contributed by atoms with van der Waals surface area (Å²) in [5.74, 6) is -6.85. The van der Waals surface area contributed by atoms with E-state index in [2.05, 4.69) is 15.9 Å². The van der Waals surface area contributed by atoms with Gasteiger partial charge in [-0.3, -0.25) is 9.59 Å². The van der Waals surface area contributed by atoms with Crippen molar-refractivity contribution in [2.45, 2.75) is 50.4 Å². The summed E-state index contributed by atoms with van der Waals surface area (Å²) in [7, 11) is 0. The third-order valence-corrected chi connectivity index (χ3v) is 6.41. The van der Waals surface area contributed by atoms with Gasteiger partial charge in [-0.2, -0.15) is 39.5 Å². The van der Waals surface area contributed by atoms with Crippen LogP contribution in [0.25, 0.3) is 5.83 Å². The number of hydrogen-bond acceptors (Lipinski definition) is 2. The number of benzene rings is 2. The summed E-state index contributed by atoms with van der Waals surface area (Å²) in [6, 6.07) is 4.37. The summed E-state index contributed by atoms with van der Waals surface area (Å²) >= 11 is 8.82. The molecule has 40 heavy (non-hydrogen) atoms. The van der Waals surface area contributed by atoms with Gasteiger partial charge in [0.05, 0.1) is 28.7 Å². The van der Waals surface area contributed by atoms with Gasteiger partial charge in [-0.05, 0) is 58.8 Å². The molecule has 220 valence electrons. The molecule has 16 heteroatoms. The van der Waals surface area contributed by atoms with Crippen LogP contribution in [-0.2, 0) is 11.0 Å². The van der Waals surface area contributed by atoms with E-state index in [0.717, 1.165) is 19.1 Å². The van der Waals surface area contributed by atoms with Gasteiger partial charge >= 0.3 is 18.5 Å². The van der Waals surface area contributed by atoms with Crippen LogP contribution < -0.4 is 10.6 Å². The van der Waals surface area contributed by atoms with Crippen molar-refractivity contribution in [3.63, 3.8) is 0 Å². The lowest BCUT2D eigenvalue weighted by Crippen LogP contribution is -2.46. The van der Waals surface area contributed by atoms with Crippen LogP contribution in [0.4, 0.5) is 43.9 Å². The summed E-state index contributed by atoms with van der Waals surface area (Å²) in [5, 5.41) is 3.78. The van der Waals surface area contributed by atoms with Gasteiger partial charge in [0.1, 0.15) is 11.7 Å². The second-order valence-electron chi connectivity index (χ2n) is 8.34. The van der Waals surface area contributed by atoms with Gasteiger partial charge in [-0.25, -0.2) is 4.39 Å². The fraction of sp³-hybridized carbons (Fsp3) is 0.333. The fourth-order valence-corrected chi connectivity index (χ4v) is 3.77. The van der Waals surface area contributed by atoms with Crippen LogP contribution in [0.3, 0.4) is 0 Å². The van der Waals surface area contributed by atoms with Crippen molar-refractivity contribution in [1.82, 2.24) is 10.6 Å². The highest BCUT2D eigenvalue weighted by Crippen LogP contribution is 2.41. The Kier molecular flexibility index (Phi) is 10.7. The molecule has 0 spiro atoms. The Hall–Kier alpha value is -2.81. The summed E-state index contributed by atoms with van der Waals surface area (Å²) in [6.45, 7) is 1.07. The predicted molar refractivity (Wildman–Crippen MR) is 129 cm³/mol. The number of halogens is 12. The van der Waals surface area contributed by atoms with Gasteiger partial charge in [0, 0.05) is 16.5 Å². The predicted octanol–water partition coefficient (Wildman–Crippen LogP) is 8.31. The van der Waals surface area contributed by atoms with E-state index in [1.54, 1.807) is 0 Å². The maximum absolute atomic E-state index is 14.9. The standard InChI is InChI=1S/C24H18BrClF10N2O2/c1-11(37-20(39)6-7-22(28,29)30)38-21(40)14-4-2-13(8-16(14)24(34,35)36)19(27)10-15(23(31,32)33)12-3-5-17(25)18(26)9-12/h2-5,8-11,15H,6-7H2,1H3,(H,37,39)(H,38,40)/b19-10-/t11-,15?/m1/s1. The molecule has 0 saturated carbocycles. The van der Waals surface area contributed by atoms with E-state index >= 15 is 0 Å². The van der Waals surface area contributed by atoms with Crippen LogP contribution >= 0.6 is 27.5 Å². The lowest BCUT2D eigenvalue weighted by Gasteiger charge is -2.20. The molecule has 2 atom stereocenters. The van der Waals surface area contributed by atoms with Crippen LogP contribution in [0.1, 0.15) is 52.7 Å². The number of carbonyl (C=O) groups is 2. The number of nitrogens with one attached hydrogen (secondary N) is 2. The Labute approximate surface area is 233 Å². The third-order valence-electron chi connectivity index (χ3n) is 5.17. The van der Waals surface area contributed by atoms with Gasteiger partial charge in [0.25, 0.3) is 5.91 Å². The molecular weight excluding hydrogens is 654 g/mol. The number of hydrogen-bond donors (Lipinski definition) is 2. The van der Waals surface area contributed by atoms with Crippen LogP contribution in [0.5, 0.6) is 0 Å². The molecule has 0 aromatic heterocycles. The molecule has 0 bridgehead atoms. The van der Waals surface area contributed by atoms with E-state index in [1.165, 1.54) is 6.07 Å². The maximum Gasteiger partial charge on any atom is 0.417 e. The molecule has 2 aromatic rings. The molecule has 0 aliphatic heterocycles. The first-order valence-corrected chi connectivity index (χ1v) is 12.1. The van der Waals surface area contributed by atoms with E-state index in [1.807, 2.05) is 10.6 Å². The number of carbonyl (C=O) groups excluding carboxylic acids is 2. The number of amides is 2. The number of rotatable bonds is 8. The highest BCUT2D eigenvalue weighted by atomic mass is 79.9. The van der Waals surface area contributed by atoms with Crippen molar-refractivity contribution < 1.29 is 53.5 Å². The van der Waals surface area contributed by atoms with Gasteiger partial charge < -0.3 is 10.6 Å². The van der Waals surface area contributed by atoms with E-state index < -0.39 is 83.3 Å². The Morgan fingerprint density at radius 2 is 1.60 bits per heavy atom. The van der Waals surface area contributed by atoms with Crippen molar-refractivity contribution in [3.8, 4) is 0 Å². The largest absolute Gasteiger partial charge is 0.417 e. The Morgan fingerprint density at radius 3 is 2.12 bits per heavy atom. The van der Waals surface area contributed by atoms with E-state index in [0.29, 0.717) is 12.1 Å². The Morgan fingerprint density at radius 1 is 0.975 bits per heavy atom. The SMILES string of the molecule is C[C@H](NC(=O)CCC(F)(F)F)NC(=O)c1ccc(/C(F)=C/C(c2ccc(Br)c(Cl)c2)C(F)(F)F)cc1C(F)(F)F. The minimum atomic E-state index is -5.27. The molecule has 2 aromatic carbocycles. The zero-order chi connectivity index (χ0) is 30.6. The molecule has 0 radical (unpaired) electrons. The van der Waals surface area contributed by atoms with Crippen LogP contribution in [0, 0.1) is 0 Å². The molecule has 1 unspecified atom stereocenters. The third kappa shape index (κ3) is 9.68. The van der Waals surface area contributed by atoms with Crippen molar-refractivity contribution in [2.24, 2.45) is 0 Å². The van der Waals surface area contributed by atoms with Crippen molar-refractivity contribution in [1.29, 1.82) is 0 Å². The first-order valence-electron chi connectivity index (χ1n) is 11.0. The average Bonchev–Trinajstić information content (AvgIpc) is 2.80. The summed E-state index contributed by atoms with van der Waals surface area (Å²) in [6.07, 6.45) is -18.8. The van der Waals surface area contributed by atoms with Crippen LogP contribution in [0.15, 0.2) is 46.9 Å². The summed E-state index contributed by atoms with van der Waals surface area (Å²) in [5.41, 5.74) is -4.20. The van der Waals surface area contributed by atoms with E-state index in [9.17, 15) is 53.5 Å². The smallest absolute Gasteiger partial charge is 0.336 e. The van der Waals surface area contributed by atoms with E-state index in [-0.39, 0.29) is 21.6 Å². The Balaban J connectivity index is 2.36. The zero-order valence-electron chi connectivity index (χ0n) is 20.0. The van der Waals surface area contributed by atoms with Gasteiger partial charge in [0.15, 0.2) is 0 Å². The number of allylic oxidation sites excluding steroid dienone is 1. The molecule has 4 nitrogen and oxygen atoms in total. The van der Waals surface area contributed by atoms with Gasteiger partial charge in [0.2, 0.25) is 5.91 Å². The first kappa shape index (κ1) is 33.4. The first-order chi connectivity index (χ1) is 18.2. The van der Waals surface area contributed by atoms with E-state index in [4.69, 9.17) is 11.6 Å². The lowest BCUT2D eigenvalue weighted by molar-refractivity contribution is -0.144. The quantitative estimate of drug-likeness (QED) is 0.219. The van der Waals surface area contributed by atoms with Gasteiger partial charge in [-0.1, -0.05) is 23.7 Å². The molecular formula is C24H18BrClF10N2O2. The molecule has 2 rings (SSSR count). The molecule has 0 heterocycles.